The van der Waals surface area contributed by atoms with Crippen LogP contribution in [0.3, 0.4) is 0 Å². The first kappa shape index (κ1) is 15.1. The zero-order valence-corrected chi connectivity index (χ0v) is 12.1. The van der Waals surface area contributed by atoms with E-state index in [0.29, 0.717) is 25.9 Å². The van der Waals surface area contributed by atoms with Gasteiger partial charge in [0.05, 0.1) is 11.5 Å². The van der Waals surface area contributed by atoms with Crippen LogP contribution in [0.5, 0.6) is 0 Å². The van der Waals surface area contributed by atoms with Gasteiger partial charge < -0.3 is 20.1 Å². The molecule has 1 aliphatic carbocycles. The van der Waals surface area contributed by atoms with Crippen molar-refractivity contribution < 1.29 is 19.4 Å². The Bertz CT molecular complexity index is 366. The maximum absolute atomic E-state index is 12.1. The van der Waals surface area contributed by atoms with Crippen LogP contribution in [0.1, 0.15) is 38.5 Å². The van der Waals surface area contributed by atoms with Gasteiger partial charge in [-0.05, 0) is 19.3 Å². The molecule has 114 valence electrons. The number of carboxylic acid groups (broad SMARTS) is 1. The maximum atomic E-state index is 12.1. The molecule has 2 amide bonds. The number of nitrogens with one attached hydrogen (secondary N) is 1. The minimum Gasteiger partial charge on any atom is -0.481 e. The molecule has 0 aromatic rings. The van der Waals surface area contributed by atoms with Crippen LogP contribution < -0.4 is 5.32 Å². The molecule has 0 spiro atoms. The van der Waals surface area contributed by atoms with Crippen molar-refractivity contribution >= 4 is 12.0 Å². The lowest BCUT2D eigenvalue weighted by atomic mass is 9.74. The van der Waals surface area contributed by atoms with Crippen LogP contribution in [0.15, 0.2) is 0 Å². The SMILES string of the molecule is COC1CCN(C(=O)NCC2(C(=O)O)CCCCC2)C1. The second kappa shape index (κ2) is 6.43. The van der Waals surface area contributed by atoms with Gasteiger partial charge in [0.2, 0.25) is 0 Å². The number of urea groups is 1. The van der Waals surface area contributed by atoms with E-state index in [9.17, 15) is 14.7 Å². The lowest BCUT2D eigenvalue weighted by Gasteiger charge is -2.33. The highest BCUT2D eigenvalue weighted by atomic mass is 16.5. The zero-order valence-electron chi connectivity index (χ0n) is 12.1. The van der Waals surface area contributed by atoms with Crippen molar-refractivity contribution in [2.45, 2.75) is 44.6 Å². The Kier molecular flexibility index (Phi) is 4.86. The van der Waals surface area contributed by atoms with Gasteiger partial charge in [0.15, 0.2) is 0 Å². The number of carboxylic acids is 1. The lowest BCUT2D eigenvalue weighted by molar-refractivity contribution is -0.150. The van der Waals surface area contributed by atoms with E-state index in [1.807, 2.05) is 0 Å². The second-order valence-electron chi connectivity index (χ2n) is 5.90. The highest BCUT2D eigenvalue weighted by molar-refractivity contribution is 5.78. The van der Waals surface area contributed by atoms with Crippen LogP contribution in [0.4, 0.5) is 4.79 Å². The highest BCUT2D eigenvalue weighted by Crippen LogP contribution is 2.36. The first-order valence-corrected chi connectivity index (χ1v) is 7.36. The van der Waals surface area contributed by atoms with Crippen LogP contribution in [0.25, 0.3) is 0 Å². The molecule has 1 atom stereocenters. The van der Waals surface area contributed by atoms with Gasteiger partial charge in [0.1, 0.15) is 0 Å². The molecule has 2 N–H and O–H groups in total. The van der Waals surface area contributed by atoms with Crippen molar-refractivity contribution in [3.63, 3.8) is 0 Å². The van der Waals surface area contributed by atoms with Crippen LogP contribution in [-0.2, 0) is 9.53 Å². The molecule has 1 unspecified atom stereocenters. The number of ether oxygens (including phenoxy) is 1. The predicted molar refractivity (Wildman–Crippen MR) is 73.5 cm³/mol. The van der Waals surface area contributed by atoms with Crippen LogP contribution >= 0.6 is 0 Å². The number of hydrogen-bond acceptors (Lipinski definition) is 3. The van der Waals surface area contributed by atoms with Crippen LogP contribution in [-0.4, -0.2) is 54.9 Å². The molecule has 2 fully saturated rings. The van der Waals surface area contributed by atoms with Gasteiger partial charge in [-0.25, -0.2) is 4.79 Å². The fraction of sp³-hybridized carbons (Fsp3) is 0.857. The Hall–Kier alpha value is -1.30. The van der Waals surface area contributed by atoms with Gasteiger partial charge in [-0.3, -0.25) is 4.79 Å². The topological polar surface area (TPSA) is 78.9 Å². The van der Waals surface area contributed by atoms with E-state index in [2.05, 4.69) is 5.32 Å². The molecule has 6 nitrogen and oxygen atoms in total. The largest absolute Gasteiger partial charge is 0.481 e. The molecule has 0 aromatic heterocycles. The number of rotatable bonds is 4. The van der Waals surface area contributed by atoms with Crippen LogP contribution in [0.2, 0.25) is 0 Å². The third kappa shape index (κ3) is 3.23. The molecule has 2 aliphatic rings. The number of carbonyl (C=O) groups is 2. The van der Waals surface area contributed by atoms with E-state index in [4.69, 9.17) is 4.74 Å². The molecule has 1 saturated carbocycles. The van der Waals surface area contributed by atoms with E-state index in [-0.39, 0.29) is 18.7 Å². The predicted octanol–water partition coefficient (Wildman–Crippen LogP) is 1.45. The third-order valence-corrected chi connectivity index (χ3v) is 4.61. The summed E-state index contributed by atoms with van der Waals surface area (Å²) < 4.78 is 5.23. The summed E-state index contributed by atoms with van der Waals surface area (Å²) in [6.45, 7) is 1.49. The number of methoxy groups -OCH3 is 1. The first-order chi connectivity index (χ1) is 9.57. The van der Waals surface area contributed by atoms with Crippen molar-refractivity contribution in [3.05, 3.63) is 0 Å². The average Bonchev–Trinajstić information content (AvgIpc) is 2.94. The van der Waals surface area contributed by atoms with E-state index < -0.39 is 11.4 Å². The number of hydrogen-bond donors (Lipinski definition) is 2. The molecular formula is C14H24N2O4. The van der Waals surface area contributed by atoms with Gasteiger partial charge in [-0.2, -0.15) is 0 Å². The summed E-state index contributed by atoms with van der Waals surface area (Å²) in [5.41, 5.74) is -0.770. The zero-order chi connectivity index (χ0) is 14.6. The highest BCUT2D eigenvalue weighted by Gasteiger charge is 2.40. The number of carbonyl (C=O) groups excluding carboxylic acids is 1. The Balaban J connectivity index is 1.86. The molecule has 0 radical (unpaired) electrons. The summed E-state index contributed by atoms with van der Waals surface area (Å²) in [4.78, 5) is 25.3. The number of amides is 2. The molecule has 0 aromatic carbocycles. The normalized spacial score (nSPS) is 25.4. The van der Waals surface area contributed by atoms with Crippen molar-refractivity contribution in [1.82, 2.24) is 10.2 Å². The Morgan fingerprint density at radius 3 is 2.60 bits per heavy atom. The number of likely N-dealkylation sites (tertiary alicyclic amines) is 1. The summed E-state index contributed by atoms with van der Waals surface area (Å²) in [7, 11) is 1.65. The Labute approximate surface area is 119 Å². The van der Waals surface area contributed by atoms with Gasteiger partial charge in [0, 0.05) is 26.7 Å². The molecule has 0 bridgehead atoms. The quantitative estimate of drug-likeness (QED) is 0.819. The Morgan fingerprint density at radius 2 is 2.05 bits per heavy atom. The molecule has 1 heterocycles. The van der Waals surface area contributed by atoms with Gasteiger partial charge in [-0.1, -0.05) is 19.3 Å². The minimum atomic E-state index is -0.784. The average molecular weight is 284 g/mol. The number of aliphatic carboxylic acids is 1. The monoisotopic (exact) mass is 284 g/mol. The van der Waals surface area contributed by atoms with Crippen molar-refractivity contribution in [2.75, 3.05) is 26.7 Å². The van der Waals surface area contributed by atoms with E-state index >= 15 is 0 Å². The summed E-state index contributed by atoms with van der Waals surface area (Å²) in [6.07, 6.45) is 5.20. The smallest absolute Gasteiger partial charge is 0.317 e. The van der Waals surface area contributed by atoms with Crippen molar-refractivity contribution in [3.8, 4) is 0 Å². The number of nitrogens with zero attached hydrogens (tertiary/aromatic N) is 1. The summed E-state index contributed by atoms with van der Waals surface area (Å²) in [5, 5.41) is 12.3. The minimum absolute atomic E-state index is 0.101. The van der Waals surface area contributed by atoms with Gasteiger partial charge in [0.25, 0.3) is 0 Å². The molecule has 1 saturated heterocycles. The second-order valence-corrected chi connectivity index (χ2v) is 5.90. The summed E-state index contributed by atoms with van der Waals surface area (Å²) >= 11 is 0. The van der Waals surface area contributed by atoms with Crippen molar-refractivity contribution in [2.24, 2.45) is 5.41 Å². The van der Waals surface area contributed by atoms with Crippen LogP contribution in [0, 0.1) is 5.41 Å². The van der Waals surface area contributed by atoms with Crippen molar-refractivity contribution in [1.29, 1.82) is 0 Å². The molecular weight excluding hydrogens is 260 g/mol. The molecule has 20 heavy (non-hydrogen) atoms. The van der Waals surface area contributed by atoms with E-state index in [1.165, 1.54) is 0 Å². The summed E-state index contributed by atoms with van der Waals surface area (Å²) in [6, 6.07) is -0.171. The molecule has 2 rings (SSSR count). The van der Waals surface area contributed by atoms with Gasteiger partial charge >= 0.3 is 12.0 Å². The first-order valence-electron chi connectivity index (χ1n) is 7.36. The van der Waals surface area contributed by atoms with E-state index in [1.54, 1.807) is 12.0 Å². The van der Waals surface area contributed by atoms with E-state index in [0.717, 1.165) is 25.7 Å². The summed E-state index contributed by atoms with van der Waals surface area (Å²) in [5.74, 6) is -0.784. The standard InChI is InChI=1S/C14H24N2O4/c1-20-11-5-8-16(9-11)13(19)15-10-14(12(17)18)6-3-2-4-7-14/h11H,2-10H2,1H3,(H,15,19)(H,17,18). The Morgan fingerprint density at radius 1 is 1.35 bits per heavy atom. The fourth-order valence-electron chi connectivity index (χ4n) is 3.16. The maximum Gasteiger partial charge on any atom is 0.317 e. The lowest BCUT2D eigenvalue weighted by Crippen LogP contribution is -2.48. The molecule has 1 aliphatic heterocycles. The molecule has 6 heteroatoms. The third-order valence-electron chi connectivity index (χ3n) is 4.61. The fourth-order valence-corrected chi connectivity index (χ4v) is 3.16. The van der Waals surface area contributed by atoms with Gasteiger partial charge in [-0.15, -0.1) is 0 Å².